The van der Waals surface area contributed by atoms with Gasteiger partial charge in [0, 0.05) is 22.5 Å². The summed E-state index contributed by atoms with van der Waals surface area (Å²) in [7, 11) is -15.0. The van der Waals surface area contributed by atoms with Crippen molar-refractivity contribution in [1.29, 1.82) is 0 Å². The fourth-order valence-corrected chi connectivity index (χ4v) is 7.95. The van der Waals surface area contributed by atoms with Crippen LogP contribution in [0.2, 0.25) is 0 Å². The molecule has 5 rings (SSSR count). The zero-order valence-corrected chi connectivity index (χ0v) is 44.4. The predicted molar refractivity (Wildman–Crippen MR) is 188 cm³/mol. The van der Waals surface area contributed by atoms with Gasteiger partial charge in [0.2, 0.25) is 5.95 Å². The van der Waals surface area contributed by atoms with Crippen LogP contribution in [0.3, 0.4) is 0 Å². The summed E-state index contributed by atoms with van der Waals surface area (Å²) in [5.74, 6) is -3.22. The average molecular weight is 1010 g/mol. The van der Waals surface area contributed by atoms with Crippen LogP contribution in [-0.2, 0) is 53.0 Å². The van der Waals surface area contributed by atoms with Gasteiger partial charge in [0.05, 0.1) is 49.7 Å². The number of azo groups is 2. The zero-order chi connectivity index (χ0) is 43.1. The average Bonchev–Trinajstić information content (AvgIpc) is 3.15. The summed E-state index contributed by atoms with van der Waals surface area (Å²) in [6.07, 6.45) is -1.44. The van der Waals surface area contributed by atoms with E-state index in [9.17, 15) is 58.8 Å². The van der Waals surface area contributed by atoms with E-state index in [4.69, 9.17) is 5.73 Å². The maximum atomic E-state index is 13.6. The number of rotatable bonds is 18. The van der Waals surface area contributed by atoms with Crippen LogP contribution in [0.1, 0.15) is 0 Å². The number of nitrogen functional groups attached to an aromatic ring is 1. The third-order valence-corrected chi connectivity index (χ3v) is 11.6. The van der Waals surface area contributed by atoms with Crippen LogP contribution < -0.4 is 140 Å². The van der Waals surface area contributed by atoms with E-state index in [0.717, 1.165) is 36.4 Å². The molecule has 24 nitrogen and oxygen atoms in total. The maximum Gasteiger partial charge on any atom is 1.00 e. The molecular formula is C28H18F2N8Na4O16S5. The quantitative estimate of drug-likeness (QED) is 0.00701. The van der Waals surface area contributed by atoms with Gasteiger partial charge < -0.3 is 35.8 Å². The van der Waals surface area contributed by atoms with Crippen LogP contribution in [0.15, 0.2) is 101 Å². The first-order chi connectivity index (χ1) is 27.8. The first-order valence-electron chi connectivity index (χ1n) is 15.0. The summed E-state index contributed by atoms with van der Waals surface area (Å²) in [5, 5.41) is 55.9. The van der Waals surface area contributed by atoms with E-state index in [0.29, 0.717) is 12.1 Å². The molecule has 314 valence electrons. The molecule has 35 heteroatoms. The van der Waals surface area contributed by atoms with E-state index >= 15 is 0 Å². The van der Waals surface area contributed by atoms with Gasteiger partial charge in [0.15, 0.2) is 27.9 Å². The fourth-order valence-electron chi connectivity index (χ4n) is 4.74. The summed E-state index contributed by atoms with van der Waals surface area (Å²) in [6.45, 7) is -0.564. The second kappa shape index (κ2) is 26.4. The number of halogens is 2. The molecular weight excluding hydrogens is 995 g/mol. The molecule has 1 aromatic heterocycles. The van der Waals surface area contributed by atoms with Crippen LogP contribution >= 0.6 is 24.4 Å². The van der Waals surface area contributed by atoms with E-state index in [2.05, 4.69) is 58.7 Å². The van der Waals surface area contributed by atoms with Crippen molar-refractivity contribution in [3.05, 3.63) is 72.7 Å². The second-order valence-corrected chi connectivity index (χ2v) is 16.9. The first-order valence-corrected chi connectivity index (χ1v) is 20.9. The van der Waals surface area contributed by atoms with Gasteiger partial charge in [-0.3, -0.25) is 14.3 Å². The smallest absolute Gasteiger partial charge is 0.744 e. The van der Waals surface area contributed by atoms with Crippen LogP contribution in [0.4, 0.5) is 48.7 Å². The van der Waals surface area contributed by atoms with Crippen LogP contribution in [0.5, 0.6) is 5.75 Å². The van der Waals surface area contributed by atoms with Gasteiger partial charge in [-0.1, -0.05) is 0 Å². The van der Waals surface area contributed by atoms with Gasteiger partial charge in [0.25, 0.3) is 0 Å². The van der Waals surface area contributed by atoms with Crippen molar-refractivity contribution in [3.8, 4) is 5.75 Å². The summed E-state index contributed by atoms with van der Waals surface area (Å²) >= 11 is 0.148. The number of nitrogens with one attached hydrogen (secondary N) is 1. The van der Waals surface area contributed by atoms with Gasteiger partial charge in [0.1, 0.15) is 48.8 Å². The Morgan fingerprint density at radius 2 is 1.40 bits per heavy atom. The number of phenols is 1. The summed E-state index contributed by atoms with van der Waals surface area (Å²) in [5.41, 5.74) is 3.63. The van der Waals surface area contributed by atoms with Crippen molar-refractivity contribution < 1.29 is 200 Å². The number of nitrogens with two attached hydrogens (primary N) is 1. The van der Waals surface area contributed by atoms with Crippen molar-refractivity contribution in [3.63, 3.8) is 0 Å². The Bertz CT molecular complexity index is 2810. The molecule has 0 unspecified atom stereocenters. The van der Waals surface area contributed by atoms with Gasteiger partial charge in [-0.15, -0.1) is 24.8 Å². The topological polar surface area (TPSA) is 374 Å². The predicted octanol–water partition coefficient (Wildman–Crippen LogP) is -8.60. The van der Waals surface area contributed by atoms with Crippen molar-refractivity contribution in [2.75, 3.05) is 23.4 Å². The standard InChI is InChI=1S/C28H22F2N8O16S5.4Na/c29-23-12-24(34-28(30)33-23)32-13-1-6-21(58(44,45)46)19(9-13)36-38-26-20(55-53-51-40)11-16-15(27(26)39)3-4-17(31)25(16)37-35-18-5-2-14(10-22(18)59(47,48)49)57(42,43)8-7-50-56-54-52-41;;;;/h1-6,9-12,39-41H,7-8,31H2,(H,32,33,34)(H,44,45,46)(H,47,48,49);;;;/q;4*+1/p-4. The molecule has 0 fully saturated rings. The number of nitrogens with zero attached hydrogens (tertiary/aromatic N) is 6. The Morgan fingerprint density at radius 3 is 2.03 bits per heavy atom. The van der Waals surface area contributed by atoms with Crippen LogP contribution in [0.25, 0.3) is 10.8 Å². The third kappa shape index (κ3) is 16.3. The Kier molecular flexibility index (Phi) is 25.1. The summed E-state index contributed by atoms with van der Waals surface area (Å²) in [6, 6.07) is 9.23. The molecule has 0 amide bonds. The molecule has 0 atom stereocenters. The summed E-state index contributed by atoms with van der Waals surface area (Å²) in [4.78, 5) is 3.15. The molecule has 4 N–H and O–H groups in total. The number of aromatic hydroxyl groups is 1. The third-order valence-electron chi connectivity index (χ3n) is 7.17. The number of hydrogen-bond acceptors (Lipinski definition) is 26. The van der Waals surface area contributed by atoms with Crippen molar-refractivity contribution >= 4 is 105 Å². The number of phenolic OH excluding ortho intramolecular Hbond substituents is 1. The molecule has 4 aromatic carbocycles. The molecule has 0 aliphatic carbocycles. The molecule has 5 aromatic rings. The van der Waals surface area contributed by atoms with E-state index in [1.807, 2.05) is 0 Å². The zero-order valence-electron chi connectivity index (χ0n) is 32.3. The second-order valence-electron chi connectivity index (χ2n) is 10.8. The Morgan fingerprint density at radius 1 is 0.746 bits per heavy atom. The normalized spacial score (nSPS) is 11.8. The molecule has 0 saturated carbocycles. The molecule has 0 spiro atoms. The van der Waals surface area contributed by atoms with Gasteiger partial charge in [-0.25, -0.2) is 25.3 Å². The van der Waals surface area contributed by atoms with Crippen molar-refractivity contribution in [2.24, 2.45) is 20.5 Å². The fraction of sp³-hybridized carbons (Fsp3) is 0.0714. The van der Waals surface area contributed by atoms with E-state index in [1.54, 1.807) is 0 Å². The summed E-state index contributed by atoms with van der Waals surface area (Å²) < 4.78 is 138. The molecule has 0 aliphatic rings. The number of anilines is 3. The van der Waals surface area contributed by atoms with Crippen molar-refractivity contribution in [2.45, 2.75) is 19.6 Å². The van der Waals surface area contributed by atoms with Crippen molar-refractivity contribution in [1.82, 2.24) is 9.97 Å². The SMILES string of the molecule is Nc1ccc2c(O)c(N=Nc3cc(Nc4cc(F)nc(F)n4)ccc3S(=O)(=O)[O-])c(SOO[O-])cc2c1N=Nc1ccc(S(=O)(=O)CCOSOO[O-])cc1S(=O)(=O)[O-].[Na+].[Na+].[Na+].[Na+]. The largest absolute Gasteiger partial charge is 1.00 e. The molecule has 63 heavy (non-hydrogen) atoms. The van der Waals surface area contributed by atoms with E-state index < -0.39 is 97.8 Å². The number of benzene rings is 4. The molecule has 0 aliphatic heterocycles. The van der Waals surface area contributed by atoms with Crippen LogP contribution in [-0.4, -0.2) is 61.8 Å². The molecule has 0 bridgehead atoms. The van der Waals surface area contributed by atoms with Gasteiger partial charge >= 0.3 is 124 Å². The number of fused-ring (bicyclic) bond motifs is 1. The maximum absolute atomic E-state index is 13.6. The monoisotopic (exact) mass is 1010 g/mol. The van der Waals surface area contributed by atoms with E-state index in [1.165, 1.54) is 12.1 Å². The Hall–Kier alpha value is -1.13. The van der Waals surface area contributed by atoms with Gasteiger partial charge in [-0.05, 0) is 54.6 Å². The minimum atomic E-state index is -5.43. The number of hydrogen-bond donors (Lipinski definition) is 3. The Balaban J connectivity index is 0.00000496. The number of aromatic nitrogens is 2. The number of sulfone groups is 1. The first kappa shape index (κ1) is 59.9. The minimum Gasteiger partial charge on any atom is -0.744 e. The van der Waals surface area contributed by atoms with Gasteiger partial charge in [-0.2, -0.15) is 23.1 Å². The van der Waals surface area contributed by atoms with Crippen LogP contribution in [0, 0.1) is 12.0 Å². The molecule has 1 heterocycles. The Labute approximate surface area is 451 Å². The van der Waals surface area contributed by atoms with E-state index in [-0.39, 0.29) is 175 Å². The molecule has 0 saturated heterocycles. The molecule has 0 radical (unpaired) electrons. The minimum absolute atomic E-state index is 0.